The molecule has 1 heterocycles. The number of para-hydroxylation sites is 2. The number of hydrogen-bond donors (Lipinski definition) is 2. The van der Waals surface area contributed by atoms with Gasteiger partial charge in [0.2, 0.25) is 11.8 Å². The summed E-state index contributed by atoms with van der Waals surface area (Å²) in [7, 11) is 0. The second-order valence-corrected chi connectivity index (χ2v) is 6.23. The summed E-state index contributed by atoms with van der Waals surface area (Å²) in [5.74, 6) is -1.08. The van der Waals surface area contributed by atoms with Gasteiger partial charge in [-0.15, -0.1) is 0 Å². The third-order valence-corrected chi connectivity index (χ3v) is 4.22. The third kappa shape index (κ3) is 4.63. The van der Waals surface area contributed by atoms with E-state index in [1.165, 1.54) is 4.57 Å². The molecular formula is C20H21N3O4. The van der Waals surface area contributed by atoms with Gasteiger partial charge in [0, 0.05) is 19.5 Å². The molecule has 0 saturated heterocycles. The number of carbonyl (C=O) groups excluding carboxylic acids is 2. The Bertz CT molecular complexity index is 991. The van der Waals surface area contributed by atoms with Crippen molar-refractivity contribution in [2.24, 2.45) is 0 Å². The van der Waals surface area contributed by atoms with Crippen LogP contribution < -0.4 is 16.4 Å². The van der Waals surface area contributed by atoms with Crippen molar-refractivity contribution in [2.75, 3.05) is 0 Å². The maximum absolute atomic E-state index is 12.1. The largest absolute Gasteiger partial charge is 0.419 e. The van der Waals surface area contributed by atoms with Crippen LogP contribution in [0.5, 0.6) is 0 Å². The maximum atomic E-state index is 12.1. The number of rotatable bonds is 7. The van der Waals surface area contributed by atoms with Gasteiger partial charge >= 0.3 is 5.76 Å². The highest BCUT2D eigenvalue weighted by atomic mass is 16.4. The van der Waals surface area contributed by atoms with Crippen LogP contribution in [-0.4, -0.2) is 22.4 Å². The number of nitrogens with zero attached hydrogens (tertiary/aromatic N) is 1. The number of fused-ring (bicyclic) bond motifs is 1. The van der Waals surface area contributed by atoms with E-state index in [4.69, 9.17) is 4.42 Å². The minimum Gasteiger partial charge on any atom is -0.408 e. The summed E-state index contributed by atoms with van der Waals surface area (Å²) in [5.41, 5.74) is 2.11. The molecule has 2 N–H and O–H groups in total. The normalized spacial score (nSPS) is 11.9. The van der Waals surface area contributed by atoms with Crippen LogP contribution in [0.25, 0.3) is 11.1 Å². The quantitative estimate of drug-likeness (QED) is 0.666. The fourth-order valence-corrected chi connectivity index (χ4v) is 2.76. The lowest BCUT2D eigenvalue weighted by atomic mass is 10.2. The van der Waals surface area contributed by atoms with Crippen LogP contribution in [0, 0.1) is 0 Å². The van der Waals surface area contributed by atoms with E-state index in [1.807, 2.05) is 30.3 Å². The first-order valence-electron chi connectivity index (χ1n) is 8.74. The van der Waals surface area contributed by atoms with Gasteiger partial charge in [-0.05, 0) is 24.6 Å². The number of aromatic nitrogens is 1. The predicted octanol–water partition coefficient (Wildman–Crippen LogP) is 1.81. The SMILES string of the molecule is CC(NC(=O)CCn1c(=O)oc2ccccc21)C(=O)NCc1ccccc1. The molecule has 2 aromatic carbocycles. The van der Waals surface area contributed by atoms with Crippen molar-refractivity contribution in [2.45, 2.75) is 32.5 Å². The number of hydrogen-bond acceptors (Lipinski definition) is 4. The first-order chi connectivity index (χ1) is 13.0. The molecule has 27 heavy (non-hydrogen) atoms. The average Bonchev–Trinajstić information content (AvgIpc) is 3.00. The molecule has 0 aliphatic rings. The van der Waals surface area contributed by atoms with Crippen LogP contribution in [0.1, 0.15) is 18.9 Å². The Labute approximate surface area is 156 Å². The van der Waals surface area contributed by atoms with Gasteiger partial charge in [0.25, 0.3) is 0 Å². The van der Waals surface area contributed by atoms with Crippen molar-refractivity contribution in [3.63, 3.8) is 0 Å². The minimum absolute atomic E-state index is 0.0692. The summed E-state index contributed by atoms with van der Waals surface area (Å²) in [6, 6.07) is 15.9. The number of benzene rings is 2. The highest BCUT2D eigenvalue weighted by Crippen LogP contribution is 2.11. The zero-order chi connectivity index (χ0) is 19.2. The molecule has 3 rings (SSSR count). The second kappa shape index (κ2) is 8.35. The molecule has 0 bridgehead atoms. The van der Waals surface area contributed by atoms with Crippen molar-refractivity contribution in [3.8, 4) is 0 Å². The summed E-state index contributed by atoms with van der Waals surface area (Å²) in [6.45, 7) is 2.20. The van der Waals surface area contributed by atoms with Crippen molar-refractivity contribution in [1.82, 2.24) is 15.2 Å². The third-order valence-electron chi connectivity index (χ3n) is 4.22. The summed E-state index contributed by atoms with van der Waals surface area (Å²) in [5, 5.41) is 5.43. The minimum atomic E-state index is -0.668. The molecule has 140 valence electrons. The van der Waals surface area contributed by atoms with Gasteiger partial charge in [0.1, 0.15) is 6.04 Å². The average molecular weight is 367 g/mol. The number of oxazole rings is 1. The first kappa shape index (κ1) is 18.4. The molecule has 2 amide bonds. The molecule has 0 spiro atoms. The Kier molecular flexibility index (Phi) is 5.71. The summed E-state index contributed by atoms with van der Waals surface area (Å²) in [4.78, 5) is 36.2. The molecule has 0 aliphatic carbocycles. The molecule has 0 aliphatic heterocycles. The van der Waals surface area contributed by atoms with Crippen LogP contribution in [0.3, 0.4) is 0 Å². The van der Waals surface area contributed by atoms with Crippen molar-refractivity contribution < 1.29 is 14.0 Å². The standard InChI is InChI=1S/C20H21N3O4/c1-14(19(25)21-13-15-7-3-2-4-8-15)22-18(24)11-12-23-16-9-5-6-10-17(16)27-20(23)26/h2-10,14H,11-13H2,1H3,(H,21,25)(H,22,24). The van der Waals surface area contributed by atoms with Gasteiger partial charge in [0.05, 0.1) is 5.52 Å². The van der Waals surface area contributed by atoms with E-state index in [0.29, 0.717) is 17.6 Å². The molecule has 1 unspecified atom stereocenters. The molecule has 1 aromatic heterocycles. The fraction of sp³-hybridized carbons (Fsp3) is 0.250. The van der Waals surface area contributed by atoms with Gasteiger partial charge in [-0.1, -0.05) is 42.5 Å². The lowest BCUT2D eigenvalue weighted by Gasteiger charge is -2.14. The zero-order valence-corrected chi connectivity index (χ0v) is 15.0. The van der Waals surface area contributed by atoms with E-state index in [0.717, 1.165) is 5.56 Å². The van der Waals surface area contributed by atoms with E-state index in [1.54, 1.807) is 31.2 Å². The van der Waals surface area contributed by atoms with Crippen LogP contribution in [0.2, 0.25) is 0 Å². The Morgan fingerprint density at radius 1 is 1.07 bits per heavy atom. The molecule has 1 atom stereocenters. The van der Waals surface area contributed by atoms with Crippen molar-refractivity contribution in [3.05, 3.63) is 70.7 Å². The van der Waals surface area contributed by atoms with Crippen LogP contribution in [-0.2, 0) is 22.7 Å². The lowest BCUT2D eigenvalue weighted by molar-refractivity contribution is -0.128. The van der Waals surface area contributed by atoms with Crippen molar-refractivity contribution in [1.29, 1.82) is 0 Å². The van der Waals surface area contributed by atoms with Gasteiger partial charge in [-0.3, -0.25) is 14.2 Å². The molecule has 0 fully saturated rings. The molecular weight excluding hydrogens is 346 g/mol. The lowest BCUT2D eigenvalue weighted by Crippen LogP contribution is -2.44. The second-order valence-electron chi connectivity index (χ2n) is 6.23. The first-order valence-corrected chi connectivity index (χ1v) is 8.74. The Balaban J connectivity index is 1.50. The van der Waals surface area contributed by atoms with Crippen LogP contribution in [0.4, 0.5) is 0 Å². The van der Waals surface area contributed by atoms with Crippen molar-refractivity contribution >= 4 is 22.9 Å². The zero-order valence-electron chi connectivity index (χ0n) is 15.0. The molecule has 7 heteroatoms. The van der Waals surface area contributed by atoms with Gasteiger partial charge in [-0.25, -0.2) is 4.79 Å². The predicted molar refractivity (Wildman–Crippen MR) is 101 cm³/mol. The topological polar surface area (TPSA) is 93.3 Å². The molecule has 0 radical (unpaired) electrons. The van der Waals surface area contributed by atoms with E-state index < -0.39 is 11.8 Å². The number of carbonyl (C=O) groups is 2. The molecule has 0 saturated carbocycles. The van der Waals surface area contributed by atoms with E-state index in [-0.39, 0.29) is 24.8 Å². The number of amides is 2. The van der Waals surface area contributed by atoms with Crippen LogP contribution >= 0.6 is 0 Å². The number of nitrogens with one attached hydrogen (secondary N) is 2. The fourth-order valence-electron chi connectivity index (χ4n) is 2.76. The van der Waals surface area contributed by atoms with E-state index >= 15 is 0 Å². The highest BCUT2D eigenvalue weighted by Gasteiger charge is 2.16. The summed E-state index contributed by atoms with van der Waals surface area (Å²) in [6.07, 6.45) is 0.0692. The van der Waals surface area contributed by atoms with E-state index in [2.05, 4.69) is 10.6 Å². The Morgan fingerprint density at radius 3 is 2.56 bits per heavy atom. The Morgan fingerprint density at radius 2 is 1.78 bits per heavy atom. The van der Waals surface area contributed by atoms with Gasteiger partial charge in [0.15, 0.2) is 5.58 Å². The summed E-state index contributed by atoms with van der Waals surface area (Å²) >= 11 is 0. The molecule has 7 nitrogen and oxygen atoms in total. The monoisotopic (exact) mass is 367 g/mol. The summed E-state index contributed by atoms with van der Waals surface area (Å²) < 4.78 is 6.55. The number of aryl methyl sites for hydroxylation is 1. The maximum Gasteiger partial charge on any atom is 0.419 e. The van der Waals surface area contributed by atoms with E-state index in [9.17, 15) is 14.4 Å². The van der Waals surface area contributed by atoms with Crippen LogP contribution in [0.15, 0.2) is 63.8 Å². The Hall–Kier alpha value is -3.35. The highest BCUT2D eigenvalue weighted by molar-refractivity contribution is 5.87. The van der Waals surface area contributed by atoms with Gasteiger partial charge < -0.3 is 15.1 Å². The van der Waals surface area contributed by atoms with Gasteiger partial charge in [-0.2, -0.15) is 0 Å². The molecule has 3 aromatic rings. The smallest absolute Gasteiger partial charge is 0.408 e.